The van der Waals surface area contributed by atoms with Crippen molar-refractivity contribution in [3.63, 3.8) is 0 Å². The molecule has 1 atom stereocenters. The van der Waals surface area contributed by atoms with Gasteiger partial charge in [-0.3, -0.25) is 9.59 Å². The Bertz CT molecular complexity index is 809. The highest BCUT2D eigenvalue weighted by atomic mass is 35.5. The predicted molar refractivity (Wildman–Crippen MR) is 111 cm³/mol. The summed E-state index contributed by atoms with van der Waals surface area (Å²) in [4.78, 5) is 26.7. The molecule has 2 aromatic carbocycles. The molecule has 0 saturated heterocycles. The van der Waals surface area contributed by atoms with Gasteiger partial charge in [-0.2, -0.15) is 0 Å². The van der Waals surface area contributed by atoms with Crippen molar-refractivity contribution in [1.82, 2.24) is 0 Å². The molecule has 144 valence electrons. The average molecular weight is 427 g/mol. The van der Waals surface area contributed by atoms with E-state index in [1.807, 2.05) is 13.8 Å². The van der Waals surface area contributed by atoms with Gasteiger partial charge >= 0.3 is 0 Å². The Hall–Kier alpha value is -1.61. The molecule has 0 heterocycles. The number of hydrogen-bond donors (Lipinski definition) is 0. The van der Waals surface area contributed by atoms with Gasteiger partial charge in [0.2, 0.25) is 0 Å². The van der Waals surface area contributed by atoms with Crippen LogP contribution in [0.4, 0.5) is 0 Å². The minimum absolute atomic E-state index is 0.131. The van der Waals surface area contributed by atoms with Crippen molar-refractivity contribution in [3.05, 3.63) is 57.6 Å². The van der Waals surface area contributed by atoms with Crippen molar-refractivity contribution in [2.75, 3.05) is 20.4 Å². The molecule has 0 spiro atoms. The summed E-state index contributed by atoms with van der Waals surface area (Å²) >= 11 is 12.4. The fourth-order valence-electron chi connectivity index (χ4n) is 2.66. The van der Waals surface area contributed by atoms with E-state index in [9.17, 15) is 9.59 Å². The van der Waals surface area contributed by atoms with Crippen molar-refractivity contribution >= 4 is 42.2 Å². The average Bonchev–Trinajstić information content (AvgIpc) is 2.64. The SMILES string of the molecule is COc1cccc(OC)c1C(=O)P(CC(C)C)C(=O)c1c(Cl)cccc1Cl. The van der Waals surface area contributed by atoms with E-state index < -0.39 is 7.92 Å². The van der Waals surface area contributed by atoms with E-state index in [-0.39, 0.29) is 38.1 Å². The van der Waals surface area contributed by atoms with E-state index in [0.29, 0.717) is 17.7 Å². The monoisotopic (exact) mass is 426 g/mol. The maximum atomic E-state index is 13.4. The summed E-state index contributed by atoms with van der Waals surface area (Å²) < 4.78 is 10.7. The second kappa shape index (κ2) is 9.54. The lowest BCUT2D eigenvalue weighted by Crippen LogP contribution is -2.14. The molecular formula is C20H21Cl2O4P. The van der Waals surface area contributed by atoms with Gasteiger partial charge in [0.25, 0.3) is 0 Å². The van der Waals surface area contributed by atoms with Gasteiger partial charge in [0.05, 0.1) is 29.8 Å². The zero-order valence-corrected chi connectivity index (χ0v) is 18.0. The summed E-state index contributed by atoms with van der Waals surface area (Å²) in [5.74, 6) is 0.869. The van der Waals surface area contributed by atoms with Crippen LogP contribution >= 0.6 is 31.1 Å². The molecule has 0 saturated carbocycles. The van der Waals surface area contributed by atoms with E-state index in [4.69, 9.17) is 32.7 Å². The molecule has 27 heavy (non-hydrogen) atoms. The fraction of sp³-hybridized carbons (Fsp3) is 0.300. The molecule has 0 N–H and O–H groups in total. The topological polar surface area (TPSA) is 52.6 Å². The Balaban J connectivity index is 2.58. The number of hydrogen-bond acceptors (Lipinski definition) is 4. The quantitative estimate of drug-likeness (QED) is 0.476. The Morgan fingerprint density at radius 3 is 1.78 bits per heavy atom. The zero-order chi connectivity index (χ0) is 20.1. The van der Waals surface area contributed by atoms with Gasteiger partial charge < -0.3 is 9.47 Å². The third kappa shape index (κ3) is 4.82. The number of methoxy groups -OCH3 is 2. The molecule has 0 fully saturated rings. The van der Waals surface area contributed by atoms with E-state index in [2.05, 4.69) is 0 Å². The molecule has 0 aliphatic rings. The number of rotatable bonds is 8. The first-order valence-electron chi connectivity index (χ1n) is 8.33. The lowest BCUT2D eigenvalue weighted by molar-refractivity contribution is 0.104. The molecule has 4 nitrogen and oxygen atoms in total. The molecule has 2 aromatic rings. The molecular weight excluding hydrogens is 406 g/mol. The van der Waals surface area contributed by atoms with Crippen LogP contribution in [-0.2, 0) is 0 Å². The summed E-state index contributed by atoms with van der Waals surface area (Å²) in [7, 11) is 1.19. The number of carbonyl (C=O) groups is 2. The molecule has 7 heteroatoms. The molecule has 0 bridgehead atoms. The molecule has 0 radical (unpaired) electrons. The van der Waals surface area contributed by atoms with Crippen LogP contribution < -0.4 is 9.47 Å². The van der Waals surface area contributed by atoms with Crippen molar-refractivity contribution in [1.29, 1.82) is 0 Å². The van der Waals surface area contributed by atoms with Crippen molar-refractivity contribution in [3.8, 4) is 11.5 Å². The van der Waals surface area contributed by atoms with E-state index >= 15 is 0 Å². The van der Waals surface area contributed by atoms with Gasteiger partial charge in [-0.1, -0.05) is 49.2 Å². The first kappa shape index (κ1) is 21.7. The summed E-state index contributed by atoms with van der Waals surface area (Å²) in [5.41, 5.74) is -0.193. The highest BCUT2D eigenvalue weighted by Gasteiger charge is 2.34. The third-order valence-corrected chi connectivity index (χ3v) is 7.01. The Morgan fingerprint density at radius 2 is 1.33 bits per heavy atom. The molecule has 0 amide bonds. The normalized spacial score (nSPS) is 12.0. The van der Waals surface area contributed by atoms with Gasteiger partial charge in [0, 0.05) is 7.92 Å². The second-order valence-electron chi connectivity index (χ2n) is 6.25. The minimum atomic E-state index is -1.76. The van der Waals surface area contributed by atoms with Crippen LogP contribution in [0.15, 0.2) is 36.4 Å². The Kier molecular flexibility index (Phi) is 7.67. The fourth-order valence-corrected chi connectivity index (χ4v) is 5.61. The number of ether oxygens (including phenoxy) is 2. The van der Waals surface area contributed by atoms with Crippen LogP contribution in [0.3, 0.4) is 0 Å². The lowest BCUT2D eigenvalue weighted by Gasteiger charge is -2.21. The third-order valence-electron chi connectivity index (χ3n) is 3.86. The van der Waals surface area contributed by atoms with Crippen molar-refractivity contribution < 1.29 is 19.1 Å². The van der Waals surface area contributed by atoms with Crippen LogP contribution in [-0.4, -0.2) is 31.4 Å². The Labute approximate surface area is 170 Å². The van der Waals surface area contributed by atoms with E-state index in [1.165, 1.54) is 14.2 Å². The molecule has 1 unspecified atom stereocenters. The maximum absolute atomic E-state index is 13.4. The number of benzene rings is 2. The lowest BCUT2D eigenvalue weighted by atomic mass is 10.2. The Morgan fingerprint density at radius 1 is 0.889 bits per heavy atom. The highest BCUT2D eigenvalue weighted by Crippen LogP contribution is 2.50. The molecule has 0 aliphatic carbocycles. The summed E-state index contributed by atoms with van der Waals surface area (Å²) in [5, 5.41) is 0.479. The molecule has 0 aromatic heterocycles. The van der Waals surface area contributed by atoms with Gasteiger partial charge in [-0.25, -0.2) is 0 Å². The second-order valence-corrected chi connectivity index (χ2v) is 9.10. The predicted octanol–water partition coefficient (Wildman–Crippen LogP) is 6.13. The first-order valence-corrected chi connectivity index (χ1v) is 10.6. The molecule has 0 aliphatic heterocycles. The van der Waals surface area contributed by atoms with Gasteiger partial charge in [-0.15, -0.1) is 0 Å². The van der Waals surface area contributed by atoms with E-state index in [1.54, 1.807) is 36.4 Å². The summed E-state index contributed by atoms with van der Waals surface area (Å²) in [6.07, 6.45) is 0.412. The number of halogens is 2. The largest absolute Gasteiger partial charge is 0.496 e. The van der Waals surface area contributed by atoms with Gasteiger partial charge in [-0.05, 0) is 36.3 Å². The van der Waals surface area contributed by atoms with E-state index in [0.717, 1.165) is 0 Å². The minimum Gasteiger partial charge on any atom is -0.496 e. The van der Waals surface area contributed by atoms with Crippen molar-refractivity contribution in [2.24, 2.45) is 5.92 Å². The van der Waals surface area contributed by atoms with Crippen LogP contribution in [0.1, 0.15) is 34.6 Å². The van der Waals surface area contributed by atoms with Crippen LogP contribution in [0.25, 0.3) is 0 Å². The summed E-state index contributed by atoms with van der Waals surface area (Å²) in [6, 6.07) is 9.93. The standard InChI is InChI=1S/C20H21Cl2O4P/c1-12(2)11-27(19(23)17-13(21)7-5-8-14(17)22)20(24)18-15(25-3)9-6-10-16(18)26-4/h5-10,12H,11H2,1-4H3. The maximum Gasteiger partial charge on any atom is 0.199 e. The zero-order valence-electron chi connectivity index (χ0n) is 15.6. The first-order chi connectivity index (χ1) is 12.8. The van der Waals surface area contributed by atoms with Crippen LogP contribution in [0, 0.1) is 5.92 Å². The van der Waals surface area contributed by atoms with Crippen LogP contribution in [0.5, 0.6) is 11.5 Å². The van der Waals surface area contributed by atoms with Crippen molar-refractivity contribution in [2.45, 2.75) is 13.8 Å². The highest BCUT2D eigenvalue weighted by molar-refractivity contribution is 7.90. The van der Waals surface area contributed by atoms with Gasteiger partial charge in [0.1, 0.15) is 17.1 Å². The van der Waals surface area contributed by atoms with Gasteiger partial charge in [0.15, 0.2) is 11.0 Å². The van der Waals surface area contributed by atoms with Crippen LogP contribution in [0.2, 0.25) is 10.0 Å². The number of carbonyl (C=O) groups excluding carboxylic acids is 2. The smallest absolute Gasteiger partial charge is 0.199 e. The summed E-state index contributed by atoms with van der Waals surface area (Å²) in [6.45, 7) is 3.92. The molecule has 2 rings (SSSR count).